The van der Waals surface area contributed by atoms with Crippen molar-refractivity contribution >= 4 is 0 Å². The fraction of sp³-hybridized carbons (Fsp3) is 0.625. The predicted octanol–water partition coefficient (Wildman–Crippen LogP) is 3.36. The van der Waals surface area contributed by atoms with Gasteiger partial charge in [0.05, 0.1) is 13.2 Å². The molecule has 0 bridgehead atoms. The summed E-state index contributed by atoms with van der Waals surface area (Å²) in [5, 5.41) is 0. The minimum absolute atomic E-state index is 0.182. The van der Waals surface area contributed by atoms with Gasteiger partial charge in [0.15, 0.2) is 11.6 Å². The molecule has 21 heavy (non-hydrogen) atoms. The van der Waals surface area contributed by atoms with Crippen LogP contribution in [0.5, 0.6) is 5.75 Å². The van der Waals surface area contributed by atoms with E-state index >= 15 is 0 Å². The lowest BCUT2D eigenvalue weighted by Gasteiger charge is -2.33. The van der Waals surface area contributed by atoms with Crippen molar-refractivity contribution in [2.24, 2.45) is 0 Å². The first-order valence-electron chi connectivity index (χ1n) is 7.50. The largest absolute Gasteiger partial charge is 0.496 e. The zero-order chi connectivity index (χ0) is 15.2. The van der Waals surface area contributed by atoms with Crippen molar-refractivity contribution in [3.63, 3.8) is 0 Å². The average Bonchev–Trinajstić information content (AvgIpc) is 2.50. The Hall–Kier alpha value is -1.20. The third kappa shape index (κ3) is 4.14. The van der Waals surface area contributed by atoms with Gasteiger partial charge in [0, 0.05) is 25.3 Å². The minimum atomic E-state index is -0.832. The number of hydrogen-bond acceptors (Lipinski definition) is 3. The first kappa shape index (κ1) is 16.2. The van der Waals surface area contributed by atoms with Crippen LogP contribution in [0.2, 0.25) is 0 Å². The van der Waals surface area contributed by atoms with Crippen LogP contribution in [0, 0.1) is 11.6 Å². The number of rotatable bonds is 6. The van der Waals surface area contributed by atoms with E-state index in [1.54, 1.807) is 0 Å². The highest BCUT2D eigenvalue weighted by Crippen LogP contribution is 2.26. The Morgan fingerprint density at radius 3 is 2.86 bits per heavy atom. The molecule has 1 aliphatic rings. The standard InChI is InChI=1S/C16H23F2NO2/c1-3-9-21-12-5-4-8-19(10-12)11-13-15(20-2)7-6-14(17)16(13)18/h6-7,12H,3-5,8-11H2,1-2H3/t12-/m1/s1. The van der Waals surface area contributed by atoms with E-state index in [9.17, 15) is 8.78 Å². The Morgan fingerprint density at radius 1 is 1.33 bits per heavy atom. The predicted molar refractivity (Wildman–Crippen MR) is 77.5 cm³/mol. The molecule has 1 heterocycles. The lowest BCUT2D eigenvalue weighted by Crippen LogP contribution is -2.39. The molecular formula is C16H23F2NO2. The smallest absolute Gasteiger partial charge is 0.167 e. The van der Waals surface area contributed by atoms with E-state index in [-0.39, 0.29) is 11.7 Å². The molecule has 0 unspecified atom stereocenters. The summed E-state index contributed by atoms with van der Waals surface area (Å²) in [7, 11) is 1.47. The van der Waals surface area contributed by atoms with E-state index in [0.29, 0.717) is 12.3 Å². The lowest BCUT2D eigenvalue weighted by atomic mass is 10.1. The van der Waals surface area contributed by atoms with Gasteiger partial charge in [0.1, 0.15) is 5.75 Å². The van der Waals surface area contributed by atoms with Gasteiger partial charge >= 0.3 is 0 Å². The number of benzene rings is 1. The fourth-order valence-corrected chi connectivity index (χ4v) is 2.71. The Bertz CT molecular complexity index is 468. The molecular weight excluding hydrogens is 276 g/mol. The van der Waals surface area contributed by atoms with E-state index in [0.717, 1.165) is 45.0 Å². The second-order valence-electron chi connectivity index (χ2n) is 5.41. The molecule has 118 valence electrons. The van der Waals surface area contributed by atoms with Crippen molar-refractivity contribution in [1.29, 1.82) is 0 Å². The summed E-state index contributed by atoms with van der Waals surface area (Å²) < 4.78 is 38.3. The summed E-state index contributed by atoms with van der Waals surface area (Å²) in [5.74, 6) is -1.25. The highest BCUT2D eigenvalue weighted by atomic mass is 19.2. The summed E-state index contributed by atoms with van der Waals surface area (Å²) >= 11 is 0. The van der Waals surface area contributed by atoms with Crippen molar-refractivity contribution in [2.75, 3.05) is 26.8 Å². The third-order valence-electron chi connectivity index (χ3n) is 3.77. The molecule has 3 nitrogen and oxygen atoms in total. The second kappa shape index (κ2) is 7.71. The summed E-state index contributed by atoms with van der Waals surface area (Å²) in [6.07, 6.45) is 3.21. The van der Waals surface area contributed by atoms with Gasteiger partial charge in [0.25, 0.3) is 0 Å². The zero-order valence-corrected chi connectivity index (χ0v) is 12.7. The monoisotopic (exact) mass is 299 g/mol. The van der Waals surface area contributed by atoms with Gasteiger partial charge in [-0.3, -0.25) is 4.90 Å². The Kier molecular flexibility index (Phi) is 5.94. The van der Waals surface area contributed by atoms with Gasteiger partial charge < -0.3 is 9.47 Å². The summed E-state index contributed by atoms with van der Waals surface area (Å²) in [5.41, 5.74) is 0.286. The van der Waals surface area contributed by atoms with Crippen LogP contribution in [0.4, 0.5) is 8.78 Å². The van der Waals surface area contributed by atoms with E-state index in [2.05, 4.69) is 11.8 Å². The molecule has 0 aliphatic carbocycles. The minimum Gasteiger partial charge on any atom is -0.496 e. The van der Waals surface area contributed by atoms with Crippen LogP contribution in [0.3, 0.4) is 0 Å². The fourth-order valence-electron chi connectivity index (χ4n) is 2.71. The highest BCUT2D eigenvalue weighted by molar-refractivity contribution is 5.35. The molecule has 1 aromatic rings. The van der Waals surface area contributed by atoms with Crippen molar-refractivity contribution in [2.45, 2.75) is 38.8 Å². The molecule has 5 heteroatoms. The molecule has 0 radical (unpaired) electrons. The van der Waals surface area contributed by atoms with Crippen LogP contribution in [-0.2, 0) is 11.3 Å². The molecule has 0 aromatic heterocycles. The third-order valence-corrected chi connectivity index (χ3v) is 3.77. The second-order valence-corrected chi connectivity index (χ2v) is 5.41. The molecule has 1 atom stereocenters. The number of methoxy groups -OCH3 is 1. The average molecular weight is 299 g/mol. The first-order valence-corrected chi connectivity index (χ1v) is 7.50. The van der Waals surface area contributed by atoms with E-state index in [1.807, 2.05) is 0 Å². The Labute approximate surface area is 124 Å². The molecule has 1 fully saturated rings. The summed E-state index contributed by atoms with van der Waals surface area (Å²) in [6, 6.07) is 2.57. The molecule has 0 spiro atoms. The summed E-state index contributed by atoms with van der Waals surface area (Å²) in [6.45, 7) is 4.78. The number of nitrogens with zero attached hydrogens (tertiary/aromatic N) is 1. The van der Waals surface area contributed by atoms with Gasteiger partial charge in [-0.15, -0.1) is 0 Å². The van der Waals surface area contributed by atoms with Gasteiger partial charge in [-0.05, 0) is 37.9 Å². The van der Waals surface area contributed by atoms with Crippen LogP contribution >= 0.6 is 0 Å². The number of piperidine rings is 1. The van der Waals surface area contributed by atoms with Crippen molar-refractivity contribution < 1.29 is 18.3 Å². The molecule has 1 aromatic carbocycles. The van der Waals surface area contributed by atoms with Gasteiger partial charge in [-0.25, -0.2) is 8.78 Å². The van der Waals surface area contributed by atoms with E-state index < -0.39 is 11.6 Å². The van der Waals surface area contributed by atoms with Gasteiger partial charge in [-0.1, -0.05) is 6.92 Å². The van der Waals surface area contributed by atoms with Crippen LogP contribution in [-0.4, -0.2) is 37.8 Å². The summed E-state index contributed by atoms with van der Waals surface area (Å²) in [4.78, 5) is 2.10. The van der Waals surface area contributed by atoms with Crippen LogP contribution in [0.15, 0.2) is 12.1 Å². The molecule has 0 amide bonds. The normalized spacial score (nSPS) is 19.7. The number of hydrogen-bond donors (Lipinski definition) is 0. The molecule has 2 rings (SSSR count). The zero-order valence-electron chi connectivity index (χ0n) is 12.7. The molecule has 1 saturated heterocycles. The topological polar surface area (TPSA) is 21.7 Å². The molecule has 0 saturated carbocycles. The van der Waals surface area contributed by atoms with E-state index in [4.69, 9.17) is 9.47 Å². The quantitative estimate of drug-likeness (QED) is 0.804. The number of ether oxygens (including phenoxy) is 2. The highest BCUT2D eigenvalue weighted by Gasteiger charge is 2.23. The Balaban J connectivity index is 2.05. The maximum atomic E-state index is 14.0. The Morgan fingerprint density at radius 2 is 2.14 bits per heavy atom. The first-order chi connectivity index (χ1) is 10.2. The number of halogens is 2. The lowest BCUT2D eigenvalue weighted by molar-refractivity contribution is -0.00268. The maximum Gasteiger partial charge on any atom is 0.167 e. The maximum absolute atomic E-state index is 14.0. The SMILES string of the molecule is CCCO[C@@H]1CCCN(Cc2c(OC)ccc(F)c2F)C1. The van der Waals surface area contributed by atoms with Crippen molar-refractivity contribution in [3.8, 4) is 5.75 Å². The van der Waals surface area contributed by atoms with Crippen LogP contribution < -0.4 is 4.74 Å². The number of likely N-dealkylation sites (tertiary alicyclic amines) is 1. The van der Waals surface area contributed by atoms with Crippen LogP contribution in [0.1, 0.15) is 31.7 Å². The van der Waals surface area contributed by atoms with E-state index in [1.165, 1.54) is 13.2 Å². The van der Waals surface area contributed by atoms with Gasteiger partial charge in [0.2, 0.25) is 0 Å². The van der Waals surface area contributed by atoms with Crippen molar-refractivity contribution in [3.05, 3.63) is 29.3 Å². The van der Waals surface area contributed by atoms with Crippen LogP contribution in [0.25, 0.3) is 0 Å². The van der Waals surface area contributed by atoms with Crippen molar-refractivity contribution in [1.82, 2.24) is 4.90 Å². The molecule has 1 aliphatic heterocycles. The van der Waals surface area contributed by atoms with Gasteiger partial charge in [-0.2, -0.15) is 0 Å². The molecule has 0 N–H and O–H groups in total.